The van der Waals surface area contributed by atoms with E-state index < -0.39 is 0 Å². The zero-order chi connectivity index (χ0) is 13.1. The molecule has 0 aliphatic heterocycles. The molecule has 0 heterocycles. The number of nitrogens with two attached hydrogens (primary N) is 1. The first kappa shape index (κ1) is 14.9. The van der Waals surface area contributed by atoms with E-state index in [0.29, 0.717) is 18.1 Å². The van der Waals surface area contributed by atoms with Crippen LogP contribution in [0.15, 0.2) is 0 Å². The average molecular weight is 242 g/mol. The molecule has 17 heavy (non-hydrogen) atoms. The van der Waals surface area contributed by atoms with Gasteiger partial charge < -0.3 is 10.5 Å². The van der Waals surface area contributed by atoms with Gasteiger partial charge >= 0.3 is 0 Å². The Labute approximate surface area is 107 Å². The quantitative estimate of drug-likeness (QED) is 0.744. The van der Waals surface area contributed by atoms with Gasteiger partial charge in [-0.2, -0.15) is 0 Å². The van der Waals surface area contributed by atoms with Crippen molar-refractivity contribution in [2.45, 2.75) is 65.1 Å². The van der Waals surface area contributed by atoms with E-state index in [1.54, 1.807) is 0 Å². The Morgan fingerprint density at radius 2 is 1.88 bits per heavy atom. The number of hydrogen-bond acceptors (Lipinski definition) is 3. The van der Waals surface area contributed by atoms with Crippen LogP contribution in [0, 0.1) is 5.92 Å². The summed E-state index contributed by atoms with van der Waals surface area (Å²) in [5.74, 6) is 0.687. The summed E-state index contributed by atoms with van der Waals surface area (Å²) in [6.45, 7) is 13.9. The molecule has 3 nitrogen and oxygen atoms in total. The number of nitrogens with zero attached hydrogens (tertiary/aromatic N) is 1. The number of ether oxygens (including phenoxy) is 1. The van der Waals surface area contributed by atoms with Crippen molar-refractivity contribution < 1.29 is 4.74 Å². The summed E-state index contributed by atoms with van der Waals surface area (Å²) >= 11 is 0. The SMILES string of the molecule is CCOC1CC(CN)(N(CC(C)C)C(C)C)C1. The maximum Gasteiger partial charge on any atom is 0.0611 e. The molecule has 1 aliphatic rings. The van der Waals surface area contributed by atoms with Gasteiger partial charge in [0.15, 0.2) is 0 Å². The summed E-state index contributed by atoms with van der Waals surface area (Å²) in [5, 5.41) is 0. The minimum absolute atomic E-state index is 0.193. The maximum atomic E-state index is 6.04. The van der Waals surface area contributed by atoms with E-state index in [2.05, 4.69) is 39.5 Å². The predicted octanol–water partition coefficient (Wildman–Crippen LogP) is 2.25. The fourth-order valence-electron chi connectivity index (χ4n) is 3.01. The minimum Gasteiger partial charge on any atom is -0.378 e. The van der Waals surface area contributed by atoms with Gasteiger partial charge in [0.2, 0.25) is 0 Å². The fraction of sp³-hybridized carbons (Fsp3) is 1.00. The highest BCUT2D eigenvalue weighted by Crippen LogP contribution is 2.40. The van der Waals surface area contributed by atoms with Gasteiger partial charge in [0.25, 0.3) is 0 Å². The maximum absolute atomic E-state index is 6.04. The Hall–Kier alpha value is -0.120. The van der Waals surface area contributed by atoms with Crippen LogP contribution in [-0.2, 0) is 4.74 Å². The monoisotopic (exact) mass is 242 g/mol. The van der Waals surface area contributed by atoms with E-state index in [1.807, 2.05) is 0 Å². The molecule has 0 saturated heterocycles. The van der Waals surface area contributed by atoms with Crippen LogP contribution in [0.1, 0.15) is 47.5 Å². The van der Waals surface area contributed by atoms with Gasteiger partial charge in [0.1, 0.15) is 0 Å². The molecule has 0 aromatic carbocycles. The topological polar surface area (TPSA) is 38.5 Å². The third-order valence-electron chi connectivity index (χ3n) is 3.79. The van der Waals surface area contributed by atoms with Crippen molar-refractivity contribution in [1.82, 2.24) is 4.90 Å². The van der Waals surface area contributed by atoms with Crippen LogP contribution in [0.5, 0.6) is 0 Å². The Balaban J connectivity index is 2.64. The molecule has 1 fully saturated rings. The molecule has 3 heteroatoms. The van der Waals surface area contributed by atoms with Crippen molar-refractivity contribution in [1.29, 1.82) is 0 Å². The standard InChI is InChI=1S/C14H30N2O/c1-6-17-13-7-14(8-13,10-15)16(12(4)5)9-11(2)3/h11-13H,6-10,15H2,1-5H3. The van der Waals surface area contributed by atoms with Crippen LogP contribution < -0.4 is 5.73 Å². The van der Waals surface area contributed by atoms with E-state index in [0.717, 1.165) is 32.5 Å². The van der Waals surface area contributed by atoms with E-state index in [1.165, 1.54) is 0 Å². The van der Waals surface area contributed by atoms with Gasteiger partial charge in [-0.1, -0.05) is 13.8 Å². The first-order chi connectivity index (χ1) is 7.95. The highest BCUT2D eigenvalue weighted by Gasteiger charge is 2.48. The third kappa shape index (κ3) is 3.43. The highest BCUT2D eigenvalue weighted by molar-refractivity contribution is 5.05. The van der Waals surface area contributed by atoms with Crippen LogP contribution in [0.4, 0.5) is 0 Å². The predicted molar refractivity (Wildman–Crippen MR) is 73.1 cm³/mol. The molecule has 0 radical (unpaired) electrons. The first-order valence-electron chi connectivity index (χ1n) is 7.03. The van der Waals surface area contributed by atoms with Gasteiger partial charge in [0.05, 0.1) is 6.10 Å². The Morgan fingerprint density at radius 1 is 1.29 bits per heavy atom. The van der Waals surface area contributed by atoms with Gasteiger partial charge in [0, 0.05) is 31.3 Å². The minimum atomic E-state index is 0.193. The molecule has 0 aromatic heterocycles. The van der Waals surface area contributed by atoms with Crippen LogP contribution in [0.3, 0.4) is 0 Å². The molecule has 0 atom stereocenters. The second kappa shape index (κ2) is 6.17. The third-order valence-corrected chi connectivity index (χ3v) is 3.79. The summed E-state index contributed by atoms with van der Waals surface area (Å²) in [6.07, 6.45) is 2.63. The Morgan fingerprint density at radius 3 is 2.24 bits per heavy atom. The fourth-order valence-corrected chi connectivity index (χ4v) is 3.01. The Bertz CT molecular complexity index is 222. The molecule has 0 aromatic rings. The molecule has 102 valence electrons. The zero-order valence-electron chi connectivity index (χ0n) is 12.2. The number of hydrogen-bond donors (Lipinski definition) is 1. The molecule has 0 bridgehead atoms. The van der Waals surface area contributed by atoms with E-state index >= 15 is 0 Å². The molecular formula is C14H30N2O. The lowest BCUT2D eigenvalue weighted by molar-refractivity contribution is -0.112. The second-order valence-corrected chi connectivity index (χ2v) is 6.05. The summed E-state index contributed by atoms with van der Waals surface area (Å²) in [5.41, 5.74) is 6.24. The molecular weight excluding hydrogens is 212 g/mol. The Kier molecular flexibility index (Phi) is 5.42. The van der Waals surface area contributed by atoms with Crippen LogP contribution in [0.25, 0.3) is 0 Å². The molecule has 0 spiro atoms. The van der Waals surface area contributed by atoms with Crippen molar-refractivity contribution in [3.8, 4) is 0 Å². The van der Waals surface area contributed by atoms with Gasteiger partial charge in [-0.3, -0.25) is 4.90 Å². The second-order valence-electron chi connectivity index (χ2n) is 6.05. The number of rotatable bonds is 7. The lowest BCUT2D eigenvalue weighted by atomic mass is 9.72. The summed E-state index contributed by atoms with van der Waals surface area (Å²) in [6, 6.07) is 0.559. The smallest absolute Gasteiger partial charge is 0.0611 e. The van der Waals surface area contributed by atoms with Crippen molar-refractivity contribution in [3.63, 3.8) is 0 Å². The van der Waals surface area contributed by atoms with Crippen molar-refractivity contribution in [2.75, 3.05) is 19.7 Å². The van der Waals surface area contributed by atoms with Crippen molar-refractivity contribution >= 4 is 0 Å². The highest BCUT2D eigenvalue weighted by atomic mass is 16.5. The van der Waals surface area contributed by atoms with Crippen LogP contribution >= 0.6 is 0 Å². The van der Waals surface area contributed by atoms with Gasteiger partial charge in [-0.15, -0.1) is 0 Å². The summed E-state index contributed by atoms with van der Waals surface area (Å²) in [4.78, 5) is 2.59. The lowest BCUT2D eigenvalue weighted by Crippen LogP contribution is -2.66. The summed E-state index contributed by atoms with van der Waals surface area (Å²) in [7, 11) is 0. The molecule has 2 N–H and O–H groups in total. The average Bonchev–Trinajstić information content (AvgIpc) is 2.19. The zero-order valence-corrected chi connectivity index (χ0v) is 12.2. The largest absolute Gasteiger partial charge is 0.378 e. The van der Waals surface area contributed by atoms with Crippen LogP contribution in [0.2, 0.25) is 0 Å². The van der Waals surface area contributed by atoms with Gasteiger partial charge in [-0.25, -0.2) is 0 Å². The molecule has 0 unspecified atom stereocenters. The van der Waals surface area contributed by atoms with E-state index in [4.69, 9.17) is 10.5 Å². The van der Waals surface area contributed by atoms with Gasteiger partial charge in [-0.05, 0) is 39.5 Å². The van der Waals surface area contributed by atoms with Crippen LogP contribution in [-0.4, -0.2) is 42.3 Å². The molecule has 0 amide bonds. The van der Waals surface area contributed by atoms with Crippen molar-refractivity contribution in [3.05, 3.63) is 0 Å². The molecule has 1 aliphatic carbocycles. The molecule has 1 saturated carbocycles. The van der Waals surface area contributed by atoms with Crippen molar-refractivity contribution in [2.24, 2.45) is 11.7 Å². The molecule has 1 rings (SSSR count). The van der Waals surface area contributed by atoms with E-state index in [-0.39, 0.29) is 5.54 Å². The normalized spacial score (nSPS) is 29.1. The lowest BCUT2D eigenvalue weighted by Gasteiger charge is -2.55. The van der Waals surface area contributed by atoms with E-state index in [9.17, 15) is 0 Å². The summed E-state index contributed by atoms with van der Waals surface area (Å²) < 4.78 is 5.69. The first-order valence-corrected chi connectivity index (χ1v) is 7.03.